The smallest absolute Gasteiger partial charge is 0.267 e. The molecule has 1 rings (SSSR count). The number of carbonyl (C=O) groups is 1. The van der Waals surface area contributed by atoms with Crippen LogP contribution in [0.25, 0.3) is 0 Å². The van der Waals surface area contributed by atoms with E-state index < -0.39 is 0 Å². The van der Waals surface area contributed by atoms with Crippen molar-refractivity contribution in [2.75, 3.05) is 5.73 Å². The van der Waals surface area contributed by atoms with Crippen LogP contribution in [-0.2, 0) is 0 Å². The van der Waals surface area contributed by atoms with Crippen molar-refractivity contribution in [3.05, 3.63) is 18.0 Å². The average Bonchev–Trinajstić information content (AvgIpc) is 2.64. The maximum absolute atomic E-state index is 11.8. The molecular weight excluding hydrogens is 214 g/mol. The zero-order chi connectivity index (χ0) is 12.8. The summed E-state index contributed by atoms with van der Waals surface area (Å²) in [6, 6.07) is 1.85. The summed E-state index contributed by atoms with van der Waals surface area (Å²) in [4.78, 5) is 14.6. The summed E-state index contributed by atoms with van der Waals surface area (Å²) in [6.07, 6.45) is 4.99. The number of hydrogen-bond acceptors (Lipinski definition) is 2. The maximum atomic E-state index is 11.8. The monoisotopic (exact) mass is 237 g/mol. The van der Waals surface area contributed by atoms with Gasteiger partial charge in [0.25, 0.3) is 5.91 Å². The molecule has 1 atom stereocenters. The van der Waals surface area contributed by atoms with Crippen molar-refractivity contribution in [2.24, 2.45) is 5.92 Å². The van der Waals surface area contributed by atoms with Crippen molar-refractivity contribution in [1.82, 2.24) is 10.3 Å². The Morgan fingerprint density at radius 3 is 2.65 bits per heavy atom. The standard InChI is InChI=1S/C13H23N3O/c1-9(2)5-4-6-10(3)16-13(17)12-7-11(14)8-15-12/h7-10,15H,4-6,14H2,1-3H3,(H,16,17). The van der Waals surface area contributed by atoms with Crippen LogP contribution in [0.3, 0.4) is 0 Å². The average molecular weight is 237 g/mol. The fourth-order valence-electron chi connectivity index (χ4n) is 1.75. The third-order valence-electron chi connectivity index (χ3n) is 2.75. The van der Waals surface area contributed by atoms with Gasteiger partial charge in [0.2, 0.25) is 0 Å². The lowest BCUT2D eigenvalue weighted by Gasteiger charge is -2.13. The first-order valence-electron chi connectivity index (χ1n) is 6.23. The van der Waals surface area contributed by atoms with Crippen LogP contribution in [0.5, 0.6) is 0 Å². The summed E-state index contributed by atoms with van der Waals surface area (Å²) >= 11 is 0. The van der Waals surface area contributed by atoms with Crippen molar-refractivity contribution >= 4 is 11.6 Å². The van der Waals surface area contributed by atoms with E-state index in [0.29, 0.717) is 11.4 Å². The van der Waals surface area contributed by atoms with Gasteiger partial charge in [-0.1, -0.05) is 26.7 Å². The van der Waals surface area contributed by atoms with E-state index in [1.165, 1.54) is 6.42 Å². The first kappa shape index (κ1) is 13.6. The zero-order valence-corrected chi connectivity index (χ0v) is 10.9. The predicted octanol–water partition coefficient (Wildman–Crippen LogP) is 2.54. The van der Waals surface area contributed by atoms with E-state index >= 15 is 0 Å². The van der Waals surface area contributed by atoms with E-state index in [9.17, 15) is 4.79 Å². The molecule has 0 aliphatic rings. The molecule has 0 bridgehead atoms. The minimum absolute atomic E-state index is 0.0845. The Labute approximate surface area is 103 Å². The second-order valence-electron chi connectivity index (χ2n) is 5.05. The van der Waals surface area contributed by atoms with Crippen LogP contribution in [0.2, 0.25) is 0 Å². The first-order chi connectivity index (χ1) is 7.99. The molecular formula is C13H23N3O. The van der Waals surface area contributed by atoms with Gasteiger partial charge in [-0.25, -0.2) is 0 Å². The van der Waals surface area contributed by atoms with Crippen molar-refractivity contribution in [3.63, 3.8) is 0 Å². The molecule has 1 heterocycles. The Hall–Kier alpha value is -1.45. The Bertz CT molecular complexity index is 357. The second kappa shape index (κ2) is 6.33. The number of carbonyl (C=O) groups excluding carboxylic acids is 1. The molecule has 96 valence electrons. The van der Waals surface area contributed by atoms with Gasteiger partial charge in [-0.3, -0.25) is 4.79 Å². The van der Waals surface area contributed by atoms with Gasteiger partial charge in [0.05, 0.1) is 0 Å². The fraction of sp³-hybridized carbons (Fsp3) is 0.615. The van der Waals surface area contributed by atoms with Crippen molar-refractivity contribution in [3.8, 4) is 0 Å². The summed E-state index contributed by atoms with van der Waals surface area (Å²) in [5, 5.41) is 2.96. The molecule has 0 saturated heterocycles. The van der Waals surface area contributed by atoms with Crippen LogP contribution in [0, 0.1) is 5.92 Å². The Kier molecular flexibility index (Phi) is 5.07. The summed E-state index contributed by atoms with van der Waals surface area (Å²) in [6.45, 7) is 6.46. The number of hydrogen-bond donors (Lipinski definition) is 3. The highest BCUT2D eigenvalue weighted by molar-refractivity contribution is 5.93. The molecule has 0 aliphatic heterocycles. The SMILES string of the molecule is CC(C)CCCC(C)NC(=O)c1cc(N)c[nH]1. The van der Waals surface area contributed by atoms with Gasteiger partial charge >= 0.3 is 0 Å². The molecule has 0 aromatic carbocycles. The number of nitrogen functional groups attached to an aromatic ring is 1. The highest BCUT2D eigenvalue weighted by Crippen LogP contribution is 2.09. The third-order valence-corrected chi connectivity index (χ3v) is 2.75. The number of H-pyrrole nitrogens is 1. The van der Waals surface area contributed by atoms with Crippen molar-refractivity contribution in [1.29, 1.82) is 0 Å². The third kappa shape index (κ3) is 4.93. The van der Waals surface area contributed by atoms with Gasteiger partial charge < -0.3 is 16.0 Å². The molecule has 0 aliphatic carbocycles. The summed E-state index contributed by atoms with van der Waals surface area (Å²) in [5.41, 5.74) is 6.66. The Balaban J connectivity index is 2.31. The first-order valence-corrected chi connectivity index (χ1v) is 6.23. The van der Waals surface area contributed by atoms with E-state index in [-0.39, 0.29) is 11.9 Å². The molecule has 17 heavy (non-hydrogen) atoms. The van der Waals surface area contributed by atoms with Gasteiger partial charge in [0.15, 0.2) is 0 Å². The fourth-order valence-corrected chi connectivity index (χ4v) is 1.75. The van der Waals surface area contributed by atoms with Gasteiger partial charge in [0.1, 0.15) is 5.69 Å². The molecule has 1 amide bonds. The van der Waals surface area contributed by atoms with E-state index in [2.05, 4.69) is 24.1 Å². The van der Waals surface area contributed by atoms with E-state index in [0.717, 1.165) is 18.8 Å². The second-order valence-corrected chi connectivity index (χ2v) is 5.05. The topological polar surface area (TPSA) is 70.9 Å². The number of nitrogens with one attached hydrogen (secondary N) is 2. The molecule has 0 saturated carbocycles. The number of anilines is 1. The Morgan fingerprint density at radius 2 is 2.12 bits per heavy atom. The molecule has 1 aromatic rings. The number of amides is 1. The maximum Gasteiger partial charge on any atom is 0.267 e. The van der Waals surface area contributed by atoms with Crippen LogP contribution < -0.4 is 11.1 Å². The summed E-state index contributed by atoms with van der Waals surface area (Å²) < 4.78 is 0. The molecule has 4 N–H and O–H groups in total. The lowest BCUT2D eigenvalue weighted by Crippen LogP contribution is -2.32. The van der Waals surface area contributed by atoms with Crippen LogP contribution >= 0.6 is 0 Å². The number of nitrogens with two attached hydrogens (primary N) is 1. The largest absolute Gasteiger partial charge is 0.397 e. The lowest BCUT2D eigenvalue weighted by molar-refractivity contribution is 0.0933. The molecule has 0 fully saturated rings. The van der Waals surface area contributed by atoms with Gasteiger partial charge in [-0.05, 0) is 25.3 Å². The highest BCUT2D eigenvalue weighted by atomic mass is 16.1. The summed E-state index contributed by atoms with van der Waals surface area (Å²) in [7, 11) is 0. The normalized spacial score (nSPS) is 12.7. The van der Waals surface area contributed by atoms with Gasteiger partial charge in [-0.15, -0.1) is 0 Å². The van der Waals surface area contributed by atoms with Crippen LogP contribution in [0.1, 0.15) is 50.5 Å². The van der Waals surface area contributed by atoms with E-state index in [1.807, 2.05) is 6.92 Å². The van der Waals surface area contributed by atoms with E-state index in [4.69, 9.17) is 5.73 Å². The number of aromatic nitrogens is 1. The zero-order valence-electron chi connectivity index (χ0n) is 10.9. The molecule has 0 radical (unpaired) electrons. The van der Waals surface area contributed by atoms with E-state index in [1.54, 1.807) is 12.3 Å². The van der Waals surface area contributed by atoms with Crippen LogP contribution in [0.4, 0.5) is 5.69 Å². The minimum atomic E-state index is -0.0845. The quantitative estimate of drug-likeness (QED) is 0.711. The minimum Gasteiger partial charge on any atom is -0.397 e. The Morgan fingerprint density at radius 1 is 1.41 bits per heavy atom. The summed E-state index contributed by atoms with van der Waals surface area (Å²) in [5.74, 6) is 0.639. The lowest BCUT2D eigenvalue weighted by atomic mass is 10.0. The van der Waals surface area contributed by atoms with Gasteiger partial charge in [0, 0.05) is 17.9 Å². The number of aromatic amines is 1. The highest BCUT2D eigenvalue weighted by Gasteiger charge is 2.11. The van der Waals surface area contributed by atoms with Crippen LogP contribution in [-0.4, -0.2) is 16.9 Å². The number of rotatable bonds is 6. The molecule has 4 nitrogen and oxygen atoms in total. The predicted molar refractivity (Wildman–Crippen MR) is 70.8 cm³/mol. The molecule has 1 aromatic heterocycles. The van der Waals surface area contributed by atoms with Crippen LogP contribution in [0.15, 0.2) is 12.3 Å². The molecule has 4 heteroatoms. The van der Waals surface area contributed by atoms with Crippen molar-refractivity contribution in [2.45, 2.75) is 46.1 Å². The molecule has 0 spiro atoms. The van der Waals surface area contributed by atoms with Crippen molar-refractivity contribution < 1.29 is 4.79 Å². The van der Waals surface area contributed by atoms with Gasteiger partial charge in [-0.2, -0.15) is 0 Å². The molecule has 1 unspecified atom stereocenters.